The lowest BCUT2D eigenvalue weighted by Gasteiger charge is -2.38. The summed E-state index contributed by atoms with van der Waals surface area (Å²) in [4.78, 5) is 7.46. The molecule has 0 bridgehead atoms. The fraction of sp³-hybridized carbons (Fsp3) is 1.00. The quantitative estimate of drug-likeness (QED) is 0.756. The fourth-order valence-corrected chi connectivity index (χ4v) is 3.49. The Morgan fingerprint density at radius 1 is 1.41 bits per heavy atom. The largest absolute Gasteiger partial charge is 0.329 e. The van der Waals surface area contributed by atoms with Gasteiger partial charge in [0, 0.05) is 43.8 Å². The van der Waals surface area contributed by atoms with E-state index in [1.54, 1.807) is 0 Å². The zero-order valence-corrected chi connectivity index (χ0v) is 11.8. The van der Waals surface area contributed by atoms with Crippen molar-refractivity contribution in [1.29, 1.82) is 0 Å². The number of nitrogens with two attached hydrogens (primary N) is 1. The molecule has 0 radical (unpaired) electrons. The van der Waals surface area contributed by atoms with E-state index in [0.29, 0.717) is 12.1 Å². The topological polar surface area (TPSA) is 35.7 Å². The molecule has 3 unspecified atom stereocenters. The molecule has 2 rings (SSSR count). The Morgan fingerprint density at radius 2 is 2.12 bits per heavy atom. The Bertz CT molecular complexity index is 256. The predicted molar refractivity (Wildman–Crippen MR) is 72.2 cm³/mol. The zero-order chi connectivity index (χ0) is 12.6. The van der Waals surface area contributed by atoms with Crippen LogP contribution in [0.3, 0.4) is 0 Å². The van der Waals surface area contributed by atoms with Crippen LogP contribution >= 0.6 is 0 Å². The summed E-state index contributed by atoms with van der Waals surface area (Å²) in [5.74, 6) is 0. The summed E-state index contributed by atoms with van der Waals surface area (Å²) < 4.78 is 0. The highest BCUT2D eigenvalue weighted by Gasteiger charge is 2.46. The number of likely N-dealkylation sites (N-methyl/N-ethyl adjacent to an activating group) is 2. The minimum atomic E-state index is 0.235. The highest BCUT2D eigenvalue weighted by Crippen LogP contribution is 2.33. The first-order valence-corrected chi connectivity index (χ1v) is 6.80. The SMILES string of the molecule is CC1CC(CN)(N2CCC(N(C)C)C2)CN1C. The molecule has 2 saturated heterocycles. The van der Waals surface area contributed by atoms with Crippen LogP contribution < -0.4 is 5.73 Å². The van der Waals surface area contributed by atoms with Crippen LogP contribution in [0.2, 0.25) is 0 Å². The van der Waals surface area contributed by atoms with Gasteiger partial charge >= 0.3 is 0 Å². The first-order chi connectivity index (χ1) is 7.98. The molecular weight excluding hydrogens is 212 g/mol. The van der Waals surface area contributed by atoms with Crippen LogP contribution in [-0.2, 0) is 0 Å². The van der Waals surface area contributed by atoms with Crippen LogP contribution in [0.4, 0.5) is 0 Å². The maximum Gasteiger partial charge on any atom is 0.0473 e. The minimum absolute atomic E-state index is 0.235. The van der Waals surface area contributed by atoms with Gasteiger partial charge in [-0.15, -0.1) is 0 Å². The number of hydrogen-bond acceptors (Lipinski definition) is 4. The molecule has 2 heterocycles. The van der Waals surface area contributed by atoms with E-state index in [2.05, 4.69) is 42.8 Å². The molecule has 0 aromatic heterocycles. The third-order valence-electron chi connectivity index (χ3n) is 4.92. The van der Waals surface area contributed by atoms with E-state index in [4.69, 9.17) is 5.73 Å². The Kier molecular flexibility index (Phi) is 3.78. The Balaban J connectivity index is 2.05. The van der Waals surface area contributed by atoms with Gasteiger partial charge < -0.3 is 15.5 Å². The molecule has 2 N–H and O–H groups in total. The maximum absolute atomic E-state index is 6.11. The van der Waals surface area contributed by atoms with Crippen molar-refractivity contribution in [3.63, 3.8) is 0 Å². The molecule has 100 valence electrons. The molecule has 4 heteroatoms. The number of nitrogens with zero attached hydrogens (tertiary/aromatic N) is 3. The van der Waals surface area contributed by atoms with Crippen LogP contribution in [0.1, 0.15) is 19.8 Å². The van der Waals surface area contributed by atoms with Crippen molar-refractivity contribution in [1.82, 2.24) is 14.7 Å². The molecule has 0 amide bonds. The van der Waals surface area contributed by atoms with E-state index in [-0.39, 0.29) is 5.54 Å². The Morgan fingerprint density at radius 3 is 2.53 bits per heavy atom. The second kappa shape index (κ2) is 4.84. The van der Waals surface area contributed by atoms with E-state index >= 15 is 0 Å². The third-order valence-corrected chi connectivity index (χ3v) is 4.92. The second-order valence-electron chi connectivity index (χ2n) is 6.25. The van der Waals surface area contributed by atoms with E-state index in [1.807, 2.05) is 0 Å². The molecule has 0 aromatic carbocycles. The highest BCUT2D eigenvalue weighted by molar-refractivity contribution is 5.05. The maximum atomic E-state index is 6.11. The molecule has 2 aliphatic rings. The van der Waals surface area contributed by atoms with Gasteiger partial charge in [-0.25, -0.2) is 0 Å². The lowest BCUT2D eigenvalue weighted by molar-refractivity contribution is 0.122. The molecule has 2 aliphatic heterocycles. The smallest absolute Gasteiger partial charge is 0.0473 e. The Hall–Kier alpha value is -0.160. The predicted octanol–water partition coefficient (Wildman–Crippen LogP) is 0.0438. The lowest BCUT2D eigenvalue weighted by atomic mass is 9.94. The molecule has 0 spiro atoms. The van der Waals surface area contributed by atoms with Crippen LogP contribution in [0.15, 0.2) is 0 Å². The minimum Gasteiger partial charge on any atom is -0.329 e. The van der Waals surface area contributed by atoms with Gasteiger partial charge in [0.2, 0.25) is 0 Å². The molecule has 2 fully saturated rings. The molecular formula is C13H28N4. The average molecular weight is 240 g/mol. The summed E-state index contributed by atoms with van der Waals surface area (Å²) in [7, 11) is 6.60. The van der Waals surface area contributed by atoms with Crippen molar-refractivity contribution < 1.29 is 0 Å². The van der Waals surface area contributed by atoms with Gasteiger partial charge in [0.05, 0.1) is 0 Å². The van der Waals surface area contributed by atoms with Crippen molar-refractivity contribution in [3.05, 3.63) is 0 Å². The number of rotatable bonds is 3. The Labute approximate surface area is 106 Å². The van der Waals surface area contributed by atoms with Crippen molar-refractivity contribution in [2.75, 3.05) is 47.3 Å². The molecule has 0 aromatic rings. The standard InChI is InChI=1S/C13H28N4/c1-11-7-13(9-14,10-16(11)4)17-6-5-12(8-17)15(2)3/h11-12H,5-10,14H2,1-4H3. The molecule has 3 atom stereocenters. The van der Waals surface area contributed by atoms with Crippen LogP contribution in [-0.4, -0.2) is 79.6 Å². The summed E-state index contributed by atoms with van der Waals surface area (Å²) in [6.07, 6.45) is 2.51. The first kappa shape index (κ1) is 13.3. The first-order valence-electron chi connectivity index (χ1n) is 6.80. The molecule has 4 nitrogen and oxygen atoms in total. The zero-order valence-electron chi connectivity index (χ0n) is 11.8. The monoisotopic (exact) mass is 240 g/mol. The van der Waals surface area contributed by atoms with E-state index in [0.717, 1.165) is 13.1 Å². The van der Waals surface area contributed by atoms with E-state index in [9.17, 15) is 0 Å². The van der Waals surface area contributed by atoms with Crippen LogP contribution in [0.25, 0.3) is 0 Å². The molecule has 0 saturated carbocycles. The van der Waals surface area contributed by atoms with Gasteiger partial charge in [-0.1, -0.05) is 0 Å². The molecule has 0 aliphatic carbocycles. The summed E-state index contributed by atoms with van der Waals surface area (Å²) in [5, 5.41) is 0. The van der Waals surface area contributed by atoms with Gasteiger partial charge in [0.15, 0.2) is 0 Å². The summed E-state index contributed by atoms with van der Waals surface area (Å²) in [5.41, 5.74) is 6.35. The van der Waals surface area contributed by atoms with Gasteiger partial charge in [0.1, 0.15) is 0 Å². The third kappa shape index (κ3) is 2.36. The van der Waals surface area contributed by atoms with Crippen molar-refractivity contribution in [3.8, 4) is 0 Å². The van der Waals surface area contributed by atoms with E-state index in [1.165, 1.54) is 25.9 Å². The summed E-state index contributed by atoms with van der Waals surface area (Å²) in [6.45, 7) is 6.63. The van der Waals surface area contributed by atoms with Crippen molar-refractivity contribution in [2.45, 2.75) is 37.4 Å². The van der Waals surface area contributed by atoms with Gasteiger partial charge in [-0.2, -0.15) is 0 Å². The second-order valence-corrected chi connectivity index (χ2v) is 6.25. The average Bonchev–Trinajstić information content (AvgIpc) is 2.86. The molecule has 17 heavy (non-hydrogen) atoms. The van der Waals surface area contributed by atoms with E-state index < -0.39 is 0 Å². The van der Waals surface area contributed by atoms with Crippen molar-refractivity contribution in [2.24, 2.45) is 5.73 Å². The lowest BCUT2D eigenvalue weighted by Crippen LogP contribution is -2.55. The van der Waals surface area contributed by atoms with Crippen LogP contribution in [0, 0.1) is 0 Å². The number of hydrogen-bond donors (Lipinski definition) is 1. The van der Waals surface area contributed by atoms with Gasteiger partial charge in [-0.3, -0.25) is 4.90 Å². The van der Waals surface area contributed by atoms with Gasteiger partial charge in [-0.05, 0) is 40.9 Å². The highest BCUT2D eigenvalue weighted by atomic mass is 15.3. The van der Waals surface area contributed by atoms with Crippen LogP contribution in [0.5, 0.6) is 0 Å². The number of likely N-dealkylation sites (tertiary alicyclic amines) is 2. The summed E-state index contributed by atoms with van der Waals surface area (Å²) >= 11 is 0. The normalized spacial score (nSPS) is 40.6. The van der Waals surface area contributed by atoms with Gasteiger partial charge in [0.25, 0.3) is 0 Å². The fourth-order valence-electron chi connectivity index (χ4n) is 3.49. The summed E-state index contributed by atoms with van der Waals surface area (Å²) in [6, 6.07) is 1.37. The van der Waals surface area contributed by atoms with Crippen molar-refractivity contribution >= 4 is 0 Å².